The molecule has 0 aliphatic rings. The lowest BCUT2D eigenvalue weighted by atomic mass is 10.1. The van der Waals surface area contributed by atoms with E-state index in [4.69, 9.17) is 5.73 Å². The number of hydrogen-bond acceptors (Lipinski definition) is 4. The molecule has 4 nitrogen and oxygen atoms in total. The molecule has 4 heteroatoms. The van der Waals surface area contributed by atoms with Gasteiger partial charge in [0.2, 0.25) is 0 Å². The Labute approximate surface area is 316 Å². The highest BCUT2D eigenvalue weighted by Gasteiger charge is 2.05. The molecule has 298 valence electrons. The minimum absolute atomic E-state index is 0.792. The molecule has 0 aromatic carbocycles. The first-order valence-electron chi connectivity index (χ1n) is 23.0. The second-order valence-electron chi connectivity index (χ2n) is 15.4. The molecule has 0 unspecified atom stereocenters. The van der Waals surface area contributed by atoms with Gasteiger partial charge in [0.15, 0.2) is 0 Å². The summed E-state index contributed by atoms with van der Waals surface area (Å²) in [5.74, 6) is 0. The Kier molecular flexibility index (Phi) is 45.7. The van der Waals surface area contributed by atoms with Gasteiger partial charge in [-0.1, -0.05) is 154 Å². The Balaban J connectivity index is 3.97. The van der Waals surface area contributed by atoms with Crippen molar-refractivity contribution in [2.75, 3.05) is 52.4 Å². The topological polar surface area (TPSA) is 53.3 Å². The zero-order chi connectivity index (χ0) is 36.1. The van der Waals surface area contributed by atoms with Crippen LogP contribution in [0.15, 0.2) is 24.3 Å². The Morgan fingerprint density at radius 2 is 0.640 bits per heavy atom. The number of nitrogens with one attached hydrogen (secondary N) is 2. The van der Waals surface area contributed by atoms with E-state index in [2.05, 4.69) is 53.7 Å². The van der Waals surface area contributed by atoms with Gasteiger partial charge in [-0.3, -0.25) is 0 Å². The van der Waals surface area contributed by atoms with Gasteiger partial charge < -0.3 is 21.3 Å². The fourth-order valence-electron chi connectivity index (χ4n) is 6.91. The van der Waals surface area contributed by atoms with Crippen LogP contribution < -0.4 is 16.4 Å². The minimum atomic E-state index is 0.792. The van der Waals surface area contributed by atoms with Crippen LogP contribution in [0.3, 0.4) is 0 Å². The zero-order valence-corrected chi connectivity index (χ0v) is 34.6. The Bertz CT molecular complexity index is 606. The molecule has 0 atom stereocenters. The molecule has 0 aliphatic heterocycles. The fraction of sp³-hybridized carbons (Fsp3) is 0.913. The van der Waals surface area contributed by atoms with Crippen molar-refractivity contribution < 1.29 is 0 Å². The molecule has 4 N–H and O–H groups in total. The van der Waals surface area contributed by atoms with Crippen LogP contribution >= 0.6 is 0 Å². The van der Waals surface area contributed by atoms with Crippen molar-refractivity contribution >= 4 is 0 Å². The third-order valence-corrected chi connectivity index (χ3v) is 10.3. The molecule has 0 heterocycles. The van der Waals surface area contributed by atoms with Gasteiger partial charge in [0.1, 0.15) is 0 Å². The van der Waals surface area contributed by atoms with E-state index in [1.54, 1.807) is 0 Å². The van der Waals surface area contributed by atoms with Crippen molar-refractivity contribution in [3.05, 3.63) is 24.3 Å². The van der Waals surface area contributed by atoms with E-state index in [1.165, 1.54) is 219 Å². The van der Waals surface area contributed by atoms with Crippen molar-refractivity contribution in [2.24, 2.45) is 5.73 Å². The van der Waals surface area contributed by atoms with E-state index < -0.39 is 0 Å². The van der Waals surface area contributed by atoms with Crippen LogP contribution in [-0.2, 0) is 0 Å². The lowest BCUT2D eigenvalue weighted by Gasteiger charge is -2.22. The first-order chi connectivity index (χ1) is 24.8. The smallest absolute Gasteiger partial charge is 0.000664 e. The third-order valence-electron chi connectivity index (χ3n) is 10.3. The first-order valence-corrected chi connectivity index (χ1v) is 23.0. The SMILES string of the molecule is CCCCCCCCC=CCCCCCCCCN(CCCCCCCCC=CCCCCCCCC)CCCNCCCCNCCCN. The van der Waals surface area contributed by atoms with Gasteiger partial charge in [-0.15, -0.1) is 0 Å². The van der Waals surface area contributed by atoms with Crippen molar-refractivity contribution in [2.45, 2.75) is 219 Å². The maximum Gasteiger partial charge on any atom is -0.000664 e. The largest absolute Gasteiger partial charge is 0.330 e. The molecule has 0 spiro atoms. The highest BCUT2D eigenvalue weighted by molar-refractivity contribution is 4.82. The van der Waals surface area contributed by atoms with Gasteiger partial charge in [-0.25, -0.2) is 0 Å². The molecule has 0 saturated heterocycles. The molecule has 0 fully saturated rings. The summed E-state index contributed by atoms with van der Waals surface area (Å²) in [7, 11) is 0. The van der Waals surface area contributed by atoms with Crippen LogP contribution in [-0.4, -0.2) is 57.3 Å². The van der Waals surface area contributed by atoms with Gasteiger partial charge in [0, 0.05) is 0 Å². The lowest BCUT2D eigenvalue weighted by molar-refractivity contribution is 0.256. The van der Waals surface area contributed by atoms with E-state index in [-0.39, 0.29) is 0 Å². The summed E-state index contributed by atoms with van der Waals surface area (Å²) in [5.41, 5.74) is 5.57. The number of allylic oxidation sites excluding steroid dienone is 4. The number of hydrogen-bond donors (Lipinski definition) is 3. The molecule has 0 saturated carbocycles. The van der Waals surface area contributed by atoms with Gasteiger partial charge in [-0.2, -0.15) is 0 Å². The first kappa shape index (κ1) is 49.3. The zero-order valence-electron chi connectivity index (χ0n) is 34.6. The van der Waals surface area contributed by atoms with Crippen LogP contribution in [0.2, 0.25) is 0 Å². The van der Waals surface area contributed by atoms with Gasteiger partial charge in [0.25, 0.3) is 0 Å². The maximum absolute atomic E-state index is 5.57. The van der Waals surface area contributed by atoms with Crippen molar-refractivity contribution in [1.82, 2.24) is 15.5 Å². The van der Waals surface area contributed by atoms with E-state index in [1.807, 2.05) is 0 Å². The van der Waals surface area contributed by atoms with Crippen LogP contribution in [0.1, 0.15) is 219 Å². The number of rotatable bonds is 44. The molecule has 50 heavy (non-hydrogen) atoms. The fourth-order valence-corrected chi connectivity index (χ4v) is 6.91. The Morgan fingerprint density at radius 1 is 0.340 bits per heavy atom. The van der Waals surface area contributed by atoms with E-state index >= 15 is 0 Å². The summed E-state index contributed by atoms with van der Waals surface area (Å²) in [6.45, 7) is 13.8. The maximum atomic E-state index is 5.57. The van der Waals surface area contributed by atoms with E-state index in [0.717, 1.165) is 39.1 Å². The van der Waals surface area contributed by atoms with E-state index in [0.29, 0.717) is 0 Å². The second-order valence-corrected chi connectivity index (χ2v) is 15.4. The van der Waals surface area contributed by atoms with Crippen LogP contribution in [0.25, 0.3) is 0 Å². The standard InChI is InChI=1S/C46H94N4/c1-3-5-7-9-11-13-15-17-19-21-23-25-27-29-31-35-44-50(46-38-43-49-41-34-33-40-48-42-37-39-47)45-36-32-30-28-26-24-22-20-18-16-14-12-10-8-6-4-2/h17-20,48-49H,3-16,21-47H2,1-2H3. The van der Waals surface area contributed by atoms with Gasteiger partial charge >= 0.3 is 0 Å². The van der Waals surface area contributed by atoms with Crippen LogP contribution in [0.4, 0.5) is 0 Å². The monoisotopic (exact) mass is 703 g/mol. The van der Waals surface area contributed by atoms with Crippen LogP contribution in [0, 0.1) is 0 Å². The average molecular weight is 703 g/mol. The molecule has 0 aliphatic carbocycles. The third kappa shape index (κ3) is 43.5. The molecular formula is C46H94N4. The summed E-state index contributed by atoms with van der Waals surface area (Å²) < 4.78 is 0. The predicted octanol–water partition coefficient (Wildman–Crippen LogP) is 13.1. The van der Waals surface area contributed by atoms with Crippen molar-refractivity contribution in [3.8, 4) is 0 Å². The highest BCUT2D eigenvalue weighted by Crippen LogP contribution is 2.13. The summed E-state index contributed by atoms with van der Waals surface area (Å²) in [6.07, 6.45) is 53.6. The summed E-state index contributed by atoms with van der Waals surface area (Å²) in [5, 5.41) is 7.20. The molecule has 0 radical (unpaired) electrons. The Hall–Kier alpha value is -0.680. The highest BCUT2D eigenvalue weighted by atomic mass is 15.1. The molecule has 0 bridgehead atoms. The van der Waals surface area contributed by atoms with Crippen molar-refractivity contribution in [1.29, 1.82) is 0 Å². The number of nitrogens with two attached hydrogens (primary N) is 1. The summed E-state index contributed by atoms with van der Waals surface area (Å²) in [4.78, 5) is 2.80. The molecule has 0 amide bonds. The van der Waals surface area contributed by atoms with Crippen molar-refractivity contribution in [3.63, 3.8) is 0 Å². The predicted molar refractivity (Wildman–Crippen MR) is 229 cm³/mol. The van der Waals surface area contributed by atoms with Crippen LogP contribution in [0.5, 0.6) is 0 Å². The summed E-state index contributed by atoms with van der Waals surface area (Å²) in [6, 6.07) is 0. The van der Waals surface area contributed by atoms with Gasteiger partial charge in [0.05, 0.1) is 0 Å². The normalized spacial score (nSPS) is 12.1. The molecule has 0 rings (SSSR count). The molecule has 0 aromatic heterocycles. The molecule has 0 aromatic rings. The minimum Gasteiger partial charge on any atom is -0.330 e. The summed E-state index contributed by atoms with van der Waals surface area (Å²) >= 11 is 0. The lowest BCUT2D eigenvalue weighted by Crippen LogP contribution is -2.30. The quantitative estimate of drug-likeness (QED) is 0.0437. The van der Waals surface area contributed by atoms with E-state index in [9.17, 15) is 0 Å². The average Bonchev–Trinajstić information content (AvgIpc) is 3.13. The Morgan fingerprint density at radius 3 is 1.02 bits per heavy atom. The molecular weight excluding hydrogens is 609 g/mol. The number of unbranched alkanes of at least 4 members (excludes halogenated alkanes) is 25. The number of nitrogens with zero attached hydrogens (tertiary/aromatic N) is 1. The van der Waals surface area contributed by atoms with Gasteiger partial charge in [-0.05, 0) is 142 Å². The second kappa shape index (κ2) is 46.3.